The van der Waals surface area contributed by atoms with Gasteiger partial charge < -0.3 is 4.42 Å². The molecule has 0 amide bonds. The molecular formula is C9H7BrOS. The molecule has 0 bridgehead atoms. The zero-order chi connectivity index (χ0) is 8.55. The topological polar surface area (TPSA) is 13.1 Å². The minimum atomic E-state index is 0.947. The average molecular weight is 243 g/mol. The first-order chi connectivity index (χ1) is 5.79. The first kappa shape index (κ1) is 8.20. The van der Waals surface area contributed by atoms with E-state index in [-0.39, 0.29) is 0 Å². The van der Waals surface area contributed by atoms with E-state index in [0.717, 1.165) is 20.5 Å². The van der Waals surface area contributed by atoms with Crippen molar-refractivity contribution in [3.05, 3.63) is 28.7 Å². The minimum Gasteiger partial charge on any atom is -0.450 e. The fraction of sp³-hybridized carbons (Fsp3) is 0.111. The van der Waals surface area contributed by atoms with E-state index in [1.54, 1.807) is 11.8 Å². The van der Waals surface area contributed by atoms with Crippen LogP contribution in [0.15, 0.2) is 38.2 Å². The van der Waals surface area contributed by atoms with Crippen molar-refractivity contribution in [3.8, 4) is 0 Å². The molecule has 2 aromatic rings. The fourth-order valence-corrected chi connectivity index (χ4v) is 1.89. The summed E-state index contributed by atoms with van der Waals surface area (Å²) in [4.78, 5) is 0. The molecular weight excluding hydrogens is 236 g/mol. The number of furan rings is 1. The van der Waals surface area contributed by atoms with E-state index in [9.17, 15) is 0 Å². The standard InChI is InChI=1S/C9H7BrOS/c1-12-9-5-6-4-7(10)2-3-8(6)11-9/h2-5H,1H3. The number of hydrogen-bond donors (Lipinski definition) is 0. The van der Waals surface area contributed by atoms with Gasteiger partial charge in [0.2, 0.25) is 0 Å². The van der Waals surface area contributed by atoms with Crippen LogP contribution in [0.5, 0.6) is 0 Å². The summed E-state index contributed by atoms with van der Waals surface area (Å²) in [7, 11) is 0. The van der Waals surface area contributed by atoms with Crippen LogP contribution in [-0.4, -0.2) is 6.26 Å². The predicted molar refractivity (Wildman–Crippen MR) is 55.7 cm³/mol. The molecule has 1 aromatic carbocycles. The molecule has 0 radical (unpaired) electrons. The molecule has 62 valence electrons. The van der Waals surface area contributed by atoms with Crippen LogP contribution in [0.2, 0.25) is 0 Å². The summed E-state index contributed by atoms with van der Waals surface area (Å²) in [5, 5.41) is 2.11. The number of halogens is 1. The smallest absolute Gasteiger partial charge is 0.161 e. The Kier molecular flexibility index (Phi) is 2.15. The molecule has 0 fully saturated rings. The van der Waals surface area contributed by atoms with Crippen LogP contribution in [-0.2, 0) is 0 Å². The Labute approximate surface area is 83.3 Å². The third-order valence-electron chi connectivity index (χ3n) is 1.66. The van der Waals surface area contributed by atoms with Crippen LogP contribution in [0, 0.1) is 0 Å². The highest BCUT2D eigenvalue weighted by Crippen LogP contribution is 2.27. The fourth-order valence-electron chi connectivity index (χ4n) is 1.09. The maximum absolute atomic E-state index is 5.51. The summed E-state index contributed by atoms with van der Waals surface area (Å²) in [5.74, 6) is 0. The molecule has 1 heterocycles. The first-order valence-electron chi connectivity index (χ1n) is 3.52. The third-order valence-corrected chi connectivity index (χ3v) is 2.75. The number of rotatable bonds is 1. The lowest BCUT2D eigenvalue weighted by atomic mass is 10.3. The first-order valence-corrected chi connectivity index (χ1v) is 5.54. The minimum absolute atomic E-state index is 0.947. The van der Waals surface area contributed by atoms with Crippen LogP contribution in [0.1, 0.15) is 0 Å². The molecule has 0 spiro atoms. The normalized spacial score (nSPS) is 10.8. The van der Waals surface area contributed by atoms with Crippen molar-refractivity contribution in [1.82, 2.24) is 0 Å². The Bertz CT molecular complexity index is 408. The van der Waals surface area contributed by atoms with Gasteiger partial charge in [-0.15, -0.1) is 0 Å². The van der Waals surface area contributed by atoms with E-state index in [1.807, 2.05) is 24.5 Å². The molecule has 0 unspecified atom stereocenters. The van der Waals surface area contributed by atoms with Crippen molar-refractivity contribution in [2.45, 2.75) is 5.09 Å². The summed E-state index contributed by atoms with van der Waals surface area (Å²) < 4.78 is 6.60. The molecule has 0 aliphatic carbocycles. The zero-order valence-corrected chi connectivity index (χ0v) is 8.91. The van der Waals surface area contributed by atoms with Gasteiger partial charge >= 0.3 is 0 Å². The lowest BCUT2D eigenvalue weighted by Gasteiger charge is -1.87. The molecule has 0 saturated heterocycles. The molecule has 1 aromatic heterocycles. The van der Waals surface area contributed by atoms with E-state index in [2.05, 4.69) is 22.0 Å². The monoisotopic (exact) mass is 242 g/mol. The van der Waals surface area contributed by atoms with Gasteiger partial charge in [-0.1, -0.05) is 27.7 Å². The van der Waals surface area contributed by atoms with E-state index < -0.39 is 0 Å². The molecule has 0 N–H and O–H groups in total. The van der Waals surface area contributed by atoms with Gasteiger partial charge in [0.25, 0.3) is 0 Å². The highest BCUT2D eigenvalue weighted by Gasteiger charge is 2.01. The largest absolute Gasteiger partial charge is 0.450 e. The van der Waals surface area contributed by atoms with E-state index in [0.29, 0.717) is 0 Å². The summed E-state index contributed by atoms with van der Waals surface area (Å²) >= 11 is 5.03. The van der Waals surface area contributed by atoms with Crippen molar-refractivity contribution in [2.24, 2.45) is 0 Å². The van der Waals surface area contributed by atoms with Crippen molar-refractivity contribution in [2.75, 3.05) is 6.26 Å². The van der Waals surface area contributed by atoms with Gasteiger partial charge in [0, 0.05) is 9.86 Å². The SMILES string of the molecule is CSc1cc2cc(Br)ccc2o1. The van der Waals surface area contributed by atoms with E-state index in [4.69, 9.17) is 4.42 Å². The maximum Gasteiger partial charge on any atom is 0.161 e. The van der Waals surface area contributed by atoms with Crippen molar-refractivity contribution >= 4 is 38.7 Å². The van der Waals surface area contributed by atoms with Crippen LogP contribution < -0.4 is 0 Å². The molecule has 12 heavy (non-hydrogen) atoms. The lowest BCUT2D eigenvalue weighted by Crippen LogP contribution is -1.62. The number of hydrogen-bond acceptors (Lipinski definition) is 2. The Balaban J connectivity index is 2.67. The molecule has 1 nitrogen and oxygen atoms in total. The van der Waals surface area contributed by atoms with Gasteiger partial charge in [0.1, 0.15) is 5.58 Å². The van der Waals surface area contributed by atoms with Crippen molar-refractivity contribution < 1.29 is 4.42 Å². The second kappa shape index (κ2) is 3.15. The second-order valence-corrected chi connectivity index (χ2v) is 4.18. The van der Waals surface area contributed by atoms with Gasteiger partial charge in [-0.05, 0) is 30.5 Å². The summed E-state index contributed by atoms with van der Waals surface area (Å²) in [6.07, 6.45) is 2.01. The summed E-state index contributed by atoms with van der Waals surface area (Å²) in [5.41, 5.74) is 0.947. The highest BCUT2D eigenvalue weighted by atomic mass is 79.9. The third kappa shape index (κ3) is 1.39. The van der Waals surface area contributed by atoms with Crippen LogP contribution in [0.25, 0.3) is 11.0 Å². The zero-order valence-electron chi connectivity index (χ0n) is 6.50. The quantitative estimate of drug-likeness (QED) is 0.704. The molecule has 0 atom stereocenters. The van der Waals surface area contributed by atoms with E-state index >= 15 is 0 Å². The summed E-state index contributed by atoms with van der Waals surface area (Å²) in [6, 6.07) is 8.05. The van der Waals surface area contributed by atoms with Gasteiger partial charge in [-0.2, -0.15) is 0 Å². The second-order valence-electron chi connectivity index (χ2n) is 2.45. The van der Waals surface area contributed by atoms with Gasteiger partial charge in [0.15, 0.2) is 5.09 Å². The Hall–Kier alpha value is -0.410. The van der Waals surface area contributed by atoms with Gasteiger partial charge in [-0.3, -0.25) is 0 Å². The van der Waals surface area contributed by atoms with Gasteiger partial charge in [0.05, 0.1) is 0 Å². The Morgan fingerprint density at radius 1 is 1.33 bits per heavy atom. The Morgan fingerprint density at radius 2 is 2.17 bits per heavy atom. The average Bonchev–Trinajstić information content (AvgIpc) is 2.46. The Morgan fingerprint density at radius 3 is 2.92 bits per heavy atom. The molecule has 2 rings (SSSR count). The van der Waals surface area contributed by atoms with Crippen LogP contribution >= 0.6 is 27.7 Å². The summed E-state index contributed by atoms with van der Waals surface area (Å²) in [6.45, 7) is 0. The maximum atomic E-state index is 5.51. The highest BCUT2D eigenvalue weighted by molar-refractivity contribution is 9.10. The molecule has 0 aliphatic rings. The molecule has 0 saturated carbocycles. The van der Waals surface area contributed by atoms with Crippen LogP contribution in [0.3, 0.4) is 0 Å². The van der Waals surface area contributed by atoms with Crippen molar-refractivity contribution in [1.29, 1.82) is 0 Å². The predicted octanol–water partition coefficient (Wildman–Crippen LogP) is 3.92. The lowest BCUT2D eigenvalue weighted by molar-refractivity contribution is 0.516. The van der Waals surface area contributed by atoms with Gasteiger partial charge in [-0.25, -0.2) is 0 Å². The number of thioether (sulfide) groups is 1. The number of benzene rings is 1. The number of fused-ring (bicyclic) bond motifs is 1. The van der Waals surface area contributed by atoms with Crippen LogP contribution in [0.4, 0.5) is 0 Å². The van der Waals surface area contributed by atoms with E-state index in [1.165, 1.54) is 0 Å². The molecule has 3 heteroatoms. The van der Waals surface area contributed by atoms with Crippen molar-refractivity contribution in [3.63, 3.8) is 0 Å². The molecule has 0 aliphatic heterocycles.